The Morgan fingerprint density at radius 1 is 1.56 bits per heavy atom. The lowest BCUT2D eigenvalue weighted by atomic mass is 9.92. The smallest absolute Gasteiger partial charge is 0.128 e. The molecule has 4 nitrogen and oxygen atoms in total. The summed E-state index contributed by atoms with van der Waals surface area (Å²) in [4.78, 5) is 6.54. The van der Waals surface area contributed by atoms with E-state index < -0.39 is 0 Å². The second kappa shape index (κ2) is 4.70. The number of anilines is 2. The average Bonchev–Trinajstić information content (AvgIpc) is 2.31. The SMILES string of the molecule is CCC1CN(c2ccc(N)cn2)CCC1O. The van der Waals surface area contributed by atoms with Crippen LogP contribution in [0.4, 0.5) is 11.5 Å². The molecule has 0 bridgehead atoms. The van der Waals surface area contributed by atoms with Gasteiger partial charge in [-0.15, -0.1) is 0 Å². The highest BCUT2D eigenvalue weighted by atomic mass is 16.3. The largest absolute Gasteiger partial charge is 0.397 e. The number of hydrogen-bond donors (Lipinski definition) is 2. The van der Waals surface area contributed by atoms with Gasteiger partial charge in [-0.05, 0) is 25.0 Å². The molecule has 2 atom stereocenters. The van der Waals surface area contributed by atoms with Crippen molar-refractivity contribution in [3.63, 3.8) is 0 Å². The van der Waals surface area contributed by atoms with Crippen LogP contribution < -0.4 is 10.6 Å². The molecular formula is C12H19N3O. The molecule has 1 aliphatic rings. The van der Waals surface area contributed by atoms with Crippen molar-refractivity contribution in [2.75, 3.05) is 23.7 Å². The molecule has 4 heteroatoms. The average molecular weight is 221 g/mol. The number of aliphatic hydroxyl groups excluding tert-OH is 1. The zero-order chi connectivity index (χ0) is 11.5. The first-order valence-corrected chi connectivity index (χ1v) is 5.85. The highest BCUT2D eigenvalue weighted by Gasteiger charge is 2.26. The molecule has 1 aromatic rings. The van der Waals surface area contributed by atoms with E-state index in [1.165, 1.54) is 0 Å². The van der Waals surface area contributed by atoms with E-state index in [2.05, 4.69) is 16.8 Å². The van der Waals surface area contributed by atoms with Crippen LogP contribution >= 0.6 is 0 Å². The fraction of sp³-hybridized carbons (Fsp3) is 0.583. The third-order valence-electron chi connectivity index (χ3n) is 3.31. The summed E-state index contributed by atoms with van der Waals surface area (Å²) in [5.74, 6) is 1.31. The van der Waals surface area contributed by atoms with Crippen molar-refractivity contribution in [2.45, 2.75) is 25.9 Å². The lowest BCUT2D eigenvalue weighted by Crippen LogP contribution is -2.43. The minimum atomic E-state index is -0.157. The van der Waals surface area contributed by atoms with Crippen molar-refractivity contribution < 1.29 is 5.11 Å². The summed E-state index contributed by atoms with van der Waals surface area (Å²) in [6, 6.07) is 3.81. The zero-order valence-corrected chi connectivity index (χ0v) is 9.63. The van der Waals surface area contributed by atoms with Gasteiger partial charge in [0.2, 0.25) is 0 Å². The van der Waals surface area contributed by atoms with Crippen molar-refractivity contribution in [1.82, 2.24) is 4.98 Å². The van der Waals surface area contributed by atoms with Crippen LogP contribution in [0.3, 0.4) is 0 Å². The molecule has 0 aromatic carbocycles. The standard InChI is InChI=1S/C12H19N3O/c1-2-9-8-15(6-5-11(9)16)12-4-3-10(13)7-14-12/h3-4,7,9,11,16H,2,5-6,8,13H2,1H3. The van der Waals surface area contributed by atoms with Gasteiger partial charge in [0.25, 0.3) is 0 Å². The molecule has 1 fully saturated rings. The number of pyridine rings is 1. The van der Waals surface area contributed by atoms with E-state index in [4.69, 9.17) is 5.73 Å². The molecule has 0 radical (unpaired) electrons. The monoisotopic (exact) mass is 221 g/mol. The van der Waals surface area contributed by atoms with Gasteiger partial charge in [-0.1, -0.05) is 6.92 Å². The van der Waals surface area contributed by atoms with Gasteiger partial charge < -0.3 is 15.7 Å². The molecule has 1 saturated heterocycles. The Hall–Kier alpha value is -1.29. The maximum Gasteiger partial charge on any atom is 0.128 e. The normalized spacial score (nSPS) is 25.8. The summed E-state index contributed by atoms with van der Waals surface area (Å²) in [6.07, 6.45) is 3.36. The fourth-order valence-electron chi connectivity index (χ4n) is 2.21. The zero-order valence-electron chi connectivity index (χ0n) is 9.63. The summed E-state index contributed by atoms with van der Waals surface area (Å²) in [5.41, 5.74) is 6.30. The van der Waals surface area contributed by atoms with E-state index in [0.717, 1.165) is 31.7 Å². The van der Waals surface area contributed by atoms with E-state index in [1.54, 1.807) is 6.20 Å². The molecule has 1 aliphatic heterocycles. The van der Waals surface area contributed by atoms with Crippen molar-refractivity contribution in [3.05, 3.63) is 18.3 Å². The lowest BCUT2D eigenvalue weighted by molar-refractivity contribution is 0.0858. The Labute approximate surface area is 96.1 Å². The predicted molar refractivity (Wildman–Crippen MR) is 65.3 cm³/mol. The maximum atomic E-state index is 9.81. The number of piperidine rings is 1. The van der Waals surface area contributed by atoms with E-state index in [-0.39, 0.29) is 6.10 Å². The number of aromatic nitrogens is 1. The molecular weight excluding hydrogens is 202 g/mol. The fourth-order valence-corrected chi connectivity index (χ4v) is 2.21. The third kappa shape index (κ3) is 2.27. The van der Waals surface area contributed by atoms with Crippen molar-refractivity contribution in [1.29, 1.82) is 0 Å². The molecule has 0 aliphatic carbocycles. The molecule has 3 N–H and O–H groups in total. The van der Waals surface area contributed by atoms with Crippen molar-refractivity contribution in [3.8, 4) is 0 Å². The van der Waals surface area contributed by atoms with Gasteiger partial charge in [0.1, 0.15) is 5.82 Å². The summed E-state index contributed by atoms with van der Waals surface area (Å²) >= 11 is 0. The third-order valence-corrected chi connectivity index (χ3v) is 3.31. The van der Waals surface area contributed by atoms with Crippen molar-refractivity contribution >= 4 is 11.5 Å². The number of nitrogens with zero attached hydrogens (tertiary/aromatic N) is 2. The summed E-state index contributed by atoms with van der Waals surface area (Å²) in [5, 5.41) is 9.81. The Morgan fingerprint density at radius 2 is 2.38 bits per heavy atom. The number of rotatable bonds is 2. The van der Waals surface area contributed by atoms with Crippen LogP contribution in [0.5, 0.6) is 0 Å². The molecule has 2 rings (SSSR count). The van der Waals surface area contributed by atoms with E-state index in [9.17, 15) is 5.11 Å². The van der Waals surface area contributed by atoms with E-state index in [1.807, 2.05) is 12.1 Å². The Balaban J connectivity index is 2.08. The van der Waals surface area contributed by atoms with Gasteiger partial charge in [0.05, 0.1) is 18.0 Å². The number of hydrogen-bond acceptors (Lipinski definition) is 4. The van der Waals surface area contributed by atoms with E-state index >= 15 is 0 Å². The topological polar surface area (TPSA) is 62.4 Å². The maximum absolute atomic E-state index is 9.81. The molecule has 1 aromatic heterocycles. The summed E-state index contributed by atoms with van der Waals surface area (Å²) < 4.78 is 0. The van der Waals surface area contributed by atoms with E-state index in [0.29, 0.717) is 11.6 Å². The van der Waals surface area contributed by atoms with Crippen molar-refractivity contribution in [2.24, 2.45) is 5.92 Å². The molecule has 2 heterocycles. The molecule has 0 amide bonds. The number of nitrogen functional groups attached to an aromatic ring is 1. The molecule has 2 unspecified atom stereocenters. The minimum absolute atomic E-state index is 0.157. The van der Waals surface area contributed by atoms with Crippen LogP contribution in [0.25, 0.3) is 0 Å². The predicted octanol–water partition coefficient (Wildman–Crippen LogP) is 1.26. The van der Waals surface area contributed by atoms with Crippen LogP contribution in [0.2, 0.25) is 0 Å². The highest BCUT2D eigenvalue weighted by molar-refractivity contribution is 5.46. The minimum Gasteiger partial charge on any atom is -0.397 e. The van der Waals surface area contributed by atoms with Crippen LogP contribution in [0.1, 0.15) is 19.8 Å². The quantitative estimate of drug-likeness (QED) is 0.789. The molecule has 0 saturated carbocycles. The van der Waals surface area contributed by atoms with Crippen LogP contribution in [0.15, 0.2) is 18.3 Å². The van der Waals surface area contributed by atoms with Gasteiger partial charge in [0, 0.05) is 19.0 Å². The van der Waals surface area contributed by atoms with Crippen LogP contribution in [0, 0.1) is 5.92 Å². The molecule has 88 valence electrons. The Morgan fingerprint density at radius 3 is 3.00 bits per heavy atom. The second-order valence-corrected chi connectivity index (χ2v) is 4.42. The van der Waals surface area contributed by atoms with Crippen LogP contribution in [-0.4, -0.2) is 29.3 Å². The molecule has 0 spiro atoms. The van der Waals surface area contributed by atoms with Gasteiger partial charge in [0.15, 0.2) is 0 Å². The first-order valence-electron chi connectivity index (χ1n) is 5.85. The van der Waals surface area contributed by atoms with Crippen LogP contribution in [-0.2, 0) is 0 Å². The van der Waals surface area contributed by atoms with Gasteiger partial charge in [-0.25, -0.2) is 4.98 Å². The summed E-state index contributed by atoms with van der Waals surface area (Å²) in [6.45, 7) is 3.87. The molecule has 16 heavy (non-hydrogen) atoms. The number of aliphatic hydroxyl groups is 1. The Kier molecular flexibility index (Phi) is 3.29. The summed E-state index contributed by atoms with van der Waals surface area (Å²) in [7, 11) is 0. The second-order valence-electron chi connectivity index (χ2n) is 4.42. The Bertz CT molecular complexity index is 339. The first kappa shape index (κ1) is 11.2. The highest BCUT2D eigenvalue weighted by Crippen LogP contribution is 2.24. The van der Waals surface area contributed by atoms with Gasteiger partial charge in [-0.2, -0.15) is 0 Å². The van der Waals surface area contributed by atoms with Gasteiger partial charge >= 0.3 is 0 Å². The lowest BCUT2D eigenvalue weighted by Gasteiger charge is -2.36. The number of nitrogens with two attached hydrogens (primary N) is 1. The first-order chi connectivity index (χ1) is 7.70. The van der Waals surface area contributed by atoms with Gasteiger partial charge in [-0.3, -0.25) is 0 Å².